The van der Waals surface area contributed by atoms with Crippen molar-refractivity contribution < 1.29 is 4.79 Å². The lowest BCUT2D eigenvalue weighted by Crippen LogP contribution is -2.17. The van der Waals surface area contributed by atoms with Gasteiger partial charge in [0, 0.05) is 17.9 Å². The van der Waals surface area contributed by atoms with Crippen LogP contribution in [0.5, 0.6) is 0 Å². The normalized spacial score (nSPS) is 11.2. The average molecular weight is 374 g/mol. The van der Waals surface area contributed by atoms with Gasteiger partial charge in [0.25, 0.3) is 0 Å². The summed E-state index contributed by atoms with van der Waals surface area (Å²) in [5.74, 6) is 0.939. The van der Waals surface area contributed by atoms with Crippen LogP contribution in [0.4, 0.5) is 5.69 Å². The van der Waals surface area contributed by atoms with Gasteiger partial charge in [-0.2, -0.15) is 0 Å². The van der Waals surface area contributed by atoms with E-state index in [0.717, 1.165) is 35.9 Å². The van der Waals surface area contributed by atoms with Crippen molar-refractivity contribution in [3.8, 4) is 0 Å². The molecule has 0 radical (unpaired) electrons. The molecule has 2 rings (SSSR count). The van der Waals surface area contributed by atoms with Crippen LogP contribution < -0.4 is 5.32 Å². The van der Waals surface area contributed by atoms with E-state index in [0.29, 0.717) is 11.7 Å². The number of thioether (sulfide) groups is 1. The van der Waals surface area contributed by atoms with Crippen LogP contribution in [0.2, 0.25) is 0 Å². The molecule has 0 aliphatic rings. The first-order chi connectivity index (χ1) is 12.4. The number of carbonyl (C=O) groups excluding carboxylic acids is 1. The van der Waals surface area contributed by atoms with Gasteiger partial charge in [0.15, 0.2) is 5.16 Å². The lowest BCUT2D eigenvalue weighted by molar-refractivity contribution is -0.113. The fourth-order valence-electron chi connectivity index (χ4n) is 3.02. The molecule has 0 saturated carbocycles. The minimum atomic E-state index is 0.0278. The van der Waals surface area contributed by atoms with Crippen molar-refractivity contribution >= 4 is 23.4 Å². The number of nitrogens with one attached hydrogen (secondary N) is 1. The Bertz CT molecular complexity index is 743. The third-order valence-electron chi connectivity index (χ3n) is 4.57. The van der Waals surface area contributed by atoms with E-state index in [-0.39, 0.29) is 5.91 Å². The molecule has 1 aromatic carbocycles. The van der Waals surface area contributed by atoms with Gasteiger partial charge in [-0.3, -0.25) is 4.79 Å². The number of aryl methyl sites for hydroxylation is 3. The molecule has 0 bridgehead atoms. The monoisotopic (exact) mass is 373 g/mol. The molecule has 1 heterocycles. The summed E-state index contributed by atoms with van der Waals surface area (Å²) in [6.07, 6.45) is 1.82. The van der Waals surface area contributed by atoms with Gasteiger partial charge in [0.1, 0.15) is 0 Å². The van der Waals surface area contributed by atoms with Crippen LogP contribution in [-0.4, -0.2) is 21.2 Å². The zero-order valence-electron chi connectivity index (χ0n) is 16.8. The zero-order chi connectivity index (χ0) is 19.3. The average Bonchev–Trinajstić information content (AvgIpc) is 2.87. The van der Waals surface area contributed by atoms with Crippen molar-refractivity contribution in [1.29, 1.82) is 0 Å². The van der Waals surface area contributed by atoms with Gasteiger partial charge < -0.3 is 9.88 Å². The number of aromatic nitrogens is 2. The maximum atomic E-state index is 12.6. The molecule has 26 heavy (non-hydrogen) atoms. The van der Waals surface area contributed by atoms with Gasteiger partial charge in [-0.25, -0.2) is 4.98 Å². The van der Waals surface area contributed by atoms with Crippen LogP contribution in [0, 0.1) is 19.8 Å². The first-order valence-electron chi connectivity index (χ1n) is 9.44. The third-order valence-corrected chi connectivity index (χ3v) is 5.54. The molecule has 0 saturated heterocycles. The molecule has 2 aromatic rings. The van der Waals surface area contributed by atoms with E-state index in [2.05, 4.69) is 67.7 Å². The van der Waals surface area contributed by atoms with Crippen LogP contribution >= 0.6 is 11.8 Å². The van der Waals surface area contributed by atoms with Gasteiger partial charge in [0.05, 0.1) is 11.4 Å². The maximum absolute atomic E-state index is 12.6. The third kappa shape index (κ3) is 4.91. The molecule has 0 fully saturated rings. The number of benzene rings is 1. The fourth-order valence-corrected chi connectivity index (χ4v) is 3.92. The second-order valence-electron chi connectivity index (χ2n) is 7.06. The SMILES string of the molecule is CCc1cccc(CC)c1NC(=O)CSc1nc(C)c(C)n1CC(C)C. The number of para-hydroxylation sites is 1. The van der Waals surface area contributed by atoms with E-state index in [4.69, 9.17) is 0 Å². The maximum Gasteiger partial charge on any atom is 0.234 e. The van der Waals surface area contributed by atoms with E-state index >= 15 is 0 Å². The highest BCUT2D eigenvalue weighted by Crippen LogP contribution is 2.25. The summed E-state index contributed by atoms with van der Waals surface area (Å²) in [7, 11) is 0. The van der Waals surface area contributed by atoms with Crippen LogP contribution in [0.25, 0.3) is 0 Å². The Kier molecular flexibility index (Phi) is 7.33. The summed E-state index contributed by atoms with van der Waals surface area (Å²) < 4.78 is 2.23. The summed E-state index contributed by atoms with van der Waals surface area (Å²) >= 11 is 1.52. The number of carbonyl (C=O) groups is 1. The Morgan fingerprint density at radius 1 is 1.19 bits per heavy atom. The van der Waals surface area contributed by atoms with Crippen molar-refractivity contribution in [1.82, 2.24) is 9.55 Å². The Hall–Kier alpha value is -1.75. The first-order valence-corrected chi connectivity index (χ1v) is 10.4. The minimum Gasteiger partial charge on any atom is -0.325 e. The Morgan fingerprint density at radius 3 is 2.35 bits per heavy atom. The van der Waals surface area contributed by atoms with E-state index in [1.54, 1.807) is 0 Å². The second-order valence-corrected chi connectivity index (χ2v) is 8.01. The molecule has 0 spiro atoms. The zero-order valence-corrected chi connectivity index (χ0v) is 17.7. The van der Waals surface area contributed by atoms with Crippen LogP contribution in [-0.2, 0) is 24.2 Å². The molecule has 0 unspecified atom stereocenters. The highest BCUT2D eigenvalue weighted by Gasteiger charge is 2.15. The van der Waals surface area contributed by atoms with Crippen molar-refractivity contribution in [2.24, 2.45) is 5.92 Å². The number of nitrogens with zero attached hydrogens (tertiary/aromatic N) is 2. The predicted molar refractivity (Wildman–Crippen MR) is 111 cm³/mol. The topological polar surface area (TPSA) is 46.9 Å². The Labute approximate surface area is 161 Å². The van der Waals surface area contributed by atoms with Crippen molar-refractivity contribution in [3.63, 3.8) is 0 Å². The van der Waals surface area contributed by atoms with E-state index < -0.39 is 0 Å². The summed E-state index contributed by atoms with van der Waals surface area (Å²) in [5.41, 5.74) is 5.59. The van der Waals surface area contributed by atoms with Crippen LogP contribution in [0.1, 0.15) is 50.2 Å². The Balaban J connectivity index is 2.10. The van der Waals surface area contributed by atoms with Gasteiger partial charge in [-0.1, -0.05) is 57.7 Å². The smallest absolute Gasteiger partial charge is 0.234 e. The number of amides is 1. The van der Waals surface area contributed by atoms with Crippen molar-refractivity contribution in [3.05, 3.63) is 40.7 Å². The molecule has 1 amide bonds. The molecular formula is C21H31N3OS. The summed E-state index contributed by atoms with van der Waals surface area (Å²) in [5, 5.41) is 4.07. The van der Waals surface area contributed by atoms with E-state index in [9.17, 15) is 4.79 Å². The number of hydrogen-bond donors (Lipinski definition) is 1. The molecule has 0 aliphatic carbocycles. The first kappa shape index (κ1) is 20.6. The van der Waals surface area contributed by atoms with E-state index in [1.165, 1.54) is 28.6 Å². The molecule has 4 nitrogen and oxygen atoms in total. The van der Waals surface area contributed by atoms with Gasteiger partial charge in [0.2, 0.25) is 5.91 Å². The summed E-state index contributed by atoms with van der Waals surface area (Å²) in [6.45, 7) is 13.7. The molecule has 1 N–H and O–H groups in total. The second kappa shape index (κ2) is 9.26. The largest absolute Gasteiger partial charge is 0.325 e. The van der Waals surface area contributed by atoms with Crippen molar-refractivity contribution in [2.75, 3.05) is 11.1 Å². The molecule has 142 valence electrons. The summed E-state index contributed by atoms with van der Waals surface area (Å²) in [6, 6.07) is 6.24. The number of anilines is 1. The van der Waals surface area contributed by atoms with Gasteiger partial charge in [-0.05, 0) is 43.7 Å². The standard InChI is InChI=1S/C21H31N3OS/c1-7-17-10-9-11-18(8-2)20(17)23-19(25)13-26-21-22-15(5)16(6)24(21)12-14(3)4/h9-11,14H,7-8,12-13H2,1-6H3,(H,23,25). The van der Waals surface area contributed by atoms with Crippen LogP contribution in [0.15, 0.2) is 23.4 Å². The highest BCUT2D eigenvalue weighted by molar-refractivity contribution is 7.99. The predicted octanol–water partition coefficient (Wildman–Crippen LogP) is 5.01. The van der Waals surface area contributed by atoms with Crippen LogP contribution in [0.3, 0.4) is 0 Å². The molecular weight excluding hydrogens is 342 g/mol. The number of hydrogen-bond acceptors (Lipinski definition) is 3. The number of imidazole rings is 1. The lowest BCUT2D eigenvalue weighted by atomic mass is 10.0. The fraction of sp³-hybridized carbons (Fsp3) is 0.524. The lowest BCUT2D eigenvalue weighted by Gasteiger charge is -2.15. The van der Waals surface area contributed by atoms with Crippen molar-refractivity contribution in [2.45, 2.75) is 66.1 Å². The summed E-state index contributed by atoms with van der Waals surface area (Å²) in [4.78, 5) is 17.2. The molecule has 5 heteroatoms. The minimum absolute atomic E-state index is 0.0278. The van der Waals surface area contributed by atoms with E-state index in [1.807, 2.05) is 6.92 Å². The molecule has 0 atom stereocenters. The quantitative estimate of drug-likeness (QED) is 0.662. The molecule has 0 aliphatic heterocycles. The highest BCUT2D eigenvalue weighted by atomic mass is 32.2. The van der Waals surface area contributed by atoms with Gasteiger partial charge >= 0.3 is 0 Å². The Morgan fingerprint density at radius 2 is 1.81 bits per heavy atom. The van der Waals surface area contributed by atoms with Gasteiger partial charge in [-0.15, -0.1) is 0 Å². The number of rotatable bonds is 8. The molecule has 1 aromatic heterocycles.